The van der Waals surface area contributed by atoms with Crippen molar-refractivity contribution >= 4 is 11.9 Å². The average molecular weight is 369 g/mol. The molecule has 0 aromatic heterocycles. The standard InChI is InChI=1S/C22H40O4/c1-4-6-8-10-12-14-16-20(3)26-22(24)18-17-21(23)25-19-15-13-11-9-7-5-2/h17-18,20H,4-16,19H2,1-3H3/b18-17+. The molecule has 4 nitrogen and oxygen atoms in total. The third-order valence-electron chi connectivity index (χ3n) is 4.38. The van der Waals surface area contributed by atoms with E-state index in [1.807, 2.05) is 6.92 Å². The Hall–Kier alpha value is -1.32. The van der Waals surface area contributed by atoms with Crippen LogP contribution in [-0.2, 0) is 19.1 Å². The molecule has 152 valence electrons. The molecule has 1 atom stereocenters. The van der Waals surface area contributed by atoms with Gasteiger partial charge in [0.15, 0.2) is 0 Å². The van der Waals surface area contributed by atoms with Gasteiger partial charge in [-0.1, -0.05) is 78.1 Å². The lowest BCUT2D eigenvalue weighted by Gasteiger charge is -2.11. The van der Waals surface area contributed by atoms with Crippen LogP contribution in [0.5, 0.6) is 0 Å². The predicted molar refractivity (Wildman–Crippen MR) is 107 cm³/mol. The maximum atomic E-state index is 11.7. The van der Waals surface area contributed by atoms with Crippen LogP contribution in [0, 0.1) is 0 Å². The van der Waals surface area contributed by atoms with Crippen LogP contribution < -0.4 is 0 Å². The molecule has 0 saturated carbocycles. The normalized spacial score (nSPS) is 12.3. The van der Waals surface area contributed by atoms with Crippen LogP contribution in [-0.4, -0.2) is 24.6 Å². The third-order valence-corrected chi connectivity index (χ3v) is 4.38. The number of esters is 2. The molecule has 0 bridgehead atoms. The molecule has 0 aliphatic carbocycles. The zero-order valence-corrected chi connectivity index (χ0v) is 17.3. The van der Waals surface area contributed by atoms with Gasteiger partial charge >= 0.3 is 11.9 Å². The summed E-state index contributed by atoms with van der Waals surface area (Å²) in [6, 6.07) is 0. The molecule has 0 fully saturated rings. The summed E-state index contributed by atoms with van der Waals surface area (Å²) in [5.41, 5.74) is 0. The zero-order valence-electron chi connectivity index (χ0n) is 17.3. The maximum absolute atomic E-state index is 11.7. The number of hydrogen-bond acceptors (Lipinski definition) is 4. The summed E-state index contributed by atoms with van der Waals surface area (Å²) in [6.45, 7) is 6.71. The molecule has 4 heteroatoms. The molecule has 0 amide bonds. The van der Waals surface area contributed by atoms with Crippen molar-refractivity contribution in [2.75, 3.05) is 6.61 Å². The van der Waals surface area contributed by atoms with Gasteiger partial charge in [-0.3, -0.25) is 0 Å². The molecule has 0 N–H and O–H groups in total. The molecule has 26 heavy (non-hydrogen) atoms. The molecular weight excluding hydrogens is 328 g/mol. The minimum Gasteiger partial charge on any atom is -0.463 e. The average Bonchev–Trinajstić information content (AvgIpc) is 2.62. The molecule has 0 aromatic carbocycles. The second-order valence-corrected chi connectivity index (χ2v) is 7.07. The second kappa shape index (κ2) is 18.5. The van der Waals surface area contributed by atoms with Crippen molar-refractivity contribution in [1.29, 1.82) is 0 Å². The fraction of sp³-hybridized carbons (Fsp3) is 0.818. The van der Waals surface area contributed by atoms with Crippen molar-refractivity contribution in [3.8, 4) is 0 Å². The molecule has 0 aromatic rings. The van der Waals surface area contributed by atoms with E-state index in [0.717, 1.165) is 31.8 Å². The Balaban J connectivity index is 3.65. The number of rotatable bonds is 17. The van der Waals surface area contributed by atoms with E-state index in [2.05, 4.69) is 13.8 Å². The van der Waals surface area contributed by atoms with Gasteiger partial charge in [0.25, 0.3) is 0 Å². The zero-order chi connectivity index (χ0) is 19.5. The van der Waals surface area contributed by atoms with Gasteiger partial charge in [-0.05, 0) is 26.2 Å². The van der Waals surface area contributed by atoms with E-state index in [9.17, 15) is 9.59 Å². The van der Waals surface area contributed by atoms with Crippen molar-refractivity contribution in [1.82, 2.24) is 0 Å². The molecular formula is C22H40O4. The third kappa shape index (κ3) is 17.5. The topological polar surface area (TPSA) is 52.6 Å². The summed E-state index contributed by atoms with van der Waals surface area (Å²) in [6.07, 6.45) is 17.3. The van der Waals surface area contributed by atoms with Gasteiger partial charge in [-0.25, -0.2) is 9.59 Å². The van der Waals surface area contributed by atoms with E-state index < -0.39 is 11.9 Å². The molecule has 0 rings (SSSR count). The van der Waals surface area contributed by atoms with Gasteiger partial charge in [0, 0.05) is 12.2 Å². The summed E-state index contributed by atoms with van der Waals surface area (Å²) in [5, 5.41) is 0. The van der Waals surface area contributed by atoms with Crippen molar-refractivity contribution in [2.45, 2.75) is 110 Å². The van der Waals surface area contributed by atoms with E-state index in [0.29, 0.717) is 6.61 Å². The minimum absolute atomic E-state index is 0.113. The van der Waals surface area contributed by atoms with Crippen LogP contribution in [0.2, 0.25) is 0 Å². The summed E-state index contributed by atoms with van der Waals surface area (Å²) in [5.74, 6) is -0.945. The number of ether oxygens (including phenoxy) is 2. The van der Waals surface area contributed by atoms with Crippen LogP contribution in [0.3, 0.4) is 0 Å². The Morgan fingerprint density at radius 1 is 0.731 bits per heavy atom. The Labute approximate surface area is 160 Å². The number of hydrogen-bond donors (Lipinski definition) is 0. The van der Waals surface area contributed by atoms with E-state index in [1.54, 1.807) is 0 Å². The quantitative estimate of drug-likeness (QED) is 0.176. The Morgan fingerprint density at radius 3 is 1.85 bits per heavy atom. The van der Waals surface area contributed by atoms with E-state index in [1.165, 1.54) is 63.9 Å². The van der Waals surface area contributed by atoms with Crippen molar-refractivity contribution in [3.63, 3.8) is 0 Å². The maximum Gasteiger partial charge on any atom is 0.331 e. The second-order valence-electron chi connectivity index (χ2n) is 7.07. The van der Waals surface area contributed by atoms with Gasteiger partial charge in [0.1, 0.15) is 0 Å². The summed E-state index contributed by atoms with van der Waals surface area (Å²) in [4.78, 5) is 23.2. The lowest BCUT2D eigenvalue weighted by Crippen LogP contribution is -2.13. The molecule has 0 spiro atoms. The molecule has 0 radical (unpaired) electrons. The van der Waals surface area contributed by atoms with Crippen LogP contribution in [0.25, 0.3) is 0 Å². The Morgan fingerprint density at radius 2 is 1.23 bits per heavy atom. The first-order chi connectivity index (χ1) is 12.6. The molecule has 0 saturated heterocycles. The summed E-state index contributed by atoms with van der Waals surface area (Å²) < 4.78 is 10.4. The smallest absolute Gasteiger partial charge is 0.331 e. The highest BCUT2D eigenvalue weighted by Crippen LogP contribution is 2.10. The minimum atomic E-state index is -0.473. The highest BCUT2D eigenvalue weighted by Gasteiger charge is 2.07. The number of carbonyl (C=O) groups excluding carboxylic acids is 2. The van der Waals surface area contributed by atoms with Gasteiger partial charge in [0.2, 0.25) is 0 Å². The van der Waals surface area contributed by atoms with Crippen LogP contribution in [0.1, 0.15) is 104 Å². The highest BCUT2D eigenvalue weighted by atomic mass is 16.5. The van der Waals surface area contributed by atoms with Gasteiger partial charge in [0.05, 0.1) is 12.7 Å². The fourth-order valence-corrected chi connectivity index (χ4v) is 2.75. The Kier molecular flexibility index (Phi) is 17.5. The van der Waals surface area contributed by atoms with Crippen LogP contribution in [0.4, 0.5) is 0 Å². The van der Waals surface area contributed by atoms with E-state index in [4.69, 9.17) is 9.47 Å². The van der Waals surface area contributed by atoms with Gasteiger partial charge in [-0.2, -0.15) is 0 Å². The molecule has 0 aliphatic rings. The molecule has 0 aliphatic heterocycles. The summed E-state index contributed by atoms with van der Waals surface area (Å²) in [7, 11) is 0. The first-order valence-electron chi connectivity index (χ1n) is 10.7. The molecule has 0 heterocycles. The van der Waals surface area contributed by atoms with E-state index in [-0.39, 0.29) is 6.10 Å². The van der Waals surface area contributed by atoms with Gasteiger partial charge < -0.3 is 9.47 Å². The lowest BCUT2D eigenvalue weighted by molar-refractivity contribution is -0.143. The lowest BCUT2D eigenvalue weighted by atomic mass is 10.1. The monoisotopic (exact) mass is 368 g/mol. The summed E-state index contributed by atoms with van der Waals surface area (Å²) >= 11 is 0. The van der Waals surface area contributed by atoms with Crippen molar-refractivity contribution in [3.05, 3.63) is 12.2 Å². The van der Waals surface area contributed by atoms with Crippen molar-refractivity contribution < 1.29 is 19.1 Å². The van der Waals surface area contributed by atoms with Gasteiger partial charge in [-0.15, -0.1) is 0 Å². The number of carbonyl (C=O) groups is 2. The fourth-order valence-electron chi connectivity index (χ4n) is 2.75. The SMILES string of the molecule is CCCCCCCCOC(=O)/C=C/C(=O)OC(C)CCCCCCCC. The highest BCUT2D eigenvalue weighted by molar-refractivity contribution is 5.91. The largest absolute Gasteiger partial charge is 0.463 e. The molecule has 1 unspecified atom stereocenters. The first kappa shape index (κ1) is 24.7. The van der Waals surface area contributed by atoms with Crippen LogP contribution in [0.15, 0.2) is 12.2 Å². The van der Waals surface area contributed by atoms with Crippen LogP contribution >= 0.6 is 0 Å². The first-order valence-corrected chi connectivity index (χ1v) is 10.7. The van der Waals surface area contributed by atoms with E-state index >= 15 is 0 Å². The Bertz CT molecular complexity index is 376. The predicted octanol–water partition coefficient (Wildman–Crippen LogP) is 6.13. The van der Waals surface area contributed by atoms with Crippen molar-refractivity contribution in [2.24, 2.45) is 0 Å². The number of unbranched alkanes of at least 4 members (excludes halogenated alkanes) is 10.